The van der Waals surface area contributed by atoms with Gasteiger partial charge in [0.15, 0.2) is 0 Å². The molecule has 0 amide bonds. The summed E-state index contributed by atoms with van der Waals surface area (Å²) >= 11 is 3.70. The van der Waals surface area contributed by atoms with E-state index >= 15 is 0 Å². The zero-order valence-corrected chi connectivity index (χ0v) is 13.8. The Bertz CT molecular complexity index is 518. The van der Waals surface area contributed by atoms with Crippen molar-refractivity contribution in [2.45, 2.75) is 32.1 Å². The lowest BCUT2D eigenvalue weighted by Crippen LogP contribution is -2.29. The lowest BCUT2D eigenvalue weighted by atomic mass is 9.78. The van der Waals surface area contributed by atoms with E-state index in [4.69, 9.17) is 20.9 Å². The number of halogens is 2. The van der Waals surface area contributed by atoms with Crippen molar-refractivity contribution < 1.29 is 17.9 Å². The zero-order chi connectivity index (χ0) is 15.9. The molecule has 2 rings (SSSR count). The van der Waals surface area contributed by atoms with Gasteiger partial charge in [-0.05, 0) is 36.8 Å². The van der Waals surface area contributed by atoms with Gasteiger partial charge in [-0.2, -0.15) is 0 Å². The summed E-state index contributed by atoms with van der Waals surface area (Å²) in [5.41, 5.74) is 0. The first-order valence-corrected chi connectivity index (χ1v) is 8.97. The molecule has 0 bridgehead atoms. The van der Waals surface area contributed by atoms with Crippen LogP contribution in [-0.2, 0) is 11.3 Å². The molecule has 1 aliphatic rings. The minimum atomic E-state index is -1.95. The van der Waals surface area contributed by atoms with E-state index in [-0.39, 0.29) is 5.02 Å². The molecule has 1 aromatic carbocycles. The molecule has 0 aliphatic heterocycles. The van der Waals surface area contributed by atoms with Gasteiger partial charge >= 0.3 is 0 Å². The molecule has 0 spiro atoms. The van der Waals surface area contributed by atoms with Gasteiger partial charge in [-0.1, -0.05) is 30.9 Å². The van der Waals surface area contributed by atoms with E-state index in [0.29, 0.717) is 30.7 Å². The Hall–Kier alpha value is -0.690. The third-order valence-electron chi connectivity index (χ3n) is 4.16. The number of hydrogen-bond donors (Lipinski definition) is 2. The maximum Gasteiger partial charge on any atom is 0.231 e. The molecule has 0 radical (unpaired) electrons. The van der Waals surface area contributed by atoms with E-state index in [0.717, 1.165) is 19.3 Å². The van der Waals surface area contributed by atoms with Crippen LogP contribution in [0.4, 0.5) is 4.39 Å². The van der Waals surface area contributed by atoms with Crippen LogP contribution in [0.2, 0.25) is 5.02 Å². The number of rotatable bonds is 7. The number of hydrogen-bond acceptors (Lipinski definition) is 2. The fourth-order valence-corrected chi connectivity index (χ4v) is 3.40. The number of nitrogens with one attached hydrogen (secondary N) is 1. The van der Waals surface area contributed by atoms with Crippen LogP contribution in [0.25, 0.3) is 0 Å². The highest BCUT2D eigenvalue weighted by Crippen LogP contribution is 2.33. The van der Waals surface area contributed by atoms with Crippen molar-refractivity contribution >= 4 is 22.9 Å². The summed E-state index contributed by atoms with van der Waals surface area (Å²) in [4.78, 5) is 0. The van der Waals surface area contributed by atoms with Crippen LogP contribution in [0.5, 0.6) is 5.75 Å². The first kappa shape index (κ1) is 17.7. The van der Waals surface area contributed by atoms with Gasteiger partial charge in [-0.3, -0.25) is 4.55 Å². The maximum absolute atomic E-state index is 13.4. The van der Waals surface area contributed by atoms with Crippen molar-refractivity contribution in [3.8, 4) is 5.75 Å². The Kier molecular flexibility index (Phi) is 7.08. The third kappa shape index (κ3) is 5.50. The van der Waals surface area contributed by atoms with Crippen LogP contribution >= 0.6 is 11.6 Å². The number of ether oxygens (including phenoxy) is 1. The summed E-state index contributed by atoms with van der Waals surface area (Å²) in [6.45, 7) is 1.05. The number of benzene rings is 1. The van der Waals surface area contributed by atoms with Gasteiger partial charge in [-0.25, -0.2) is 13.3 Å². The van der Waals surface area contributed by atoms with Gasteiger partial charge in [0.05, 0.1) is 11.6 Å². The summed E-state index contributed by atoms with van der Waals surface area (Å²) in [6, 6.07) is 4.46. The van der Waals surface area contributed by atoms with Crippen LogP contribution in [-0.4, -0.2) is 21.9 Å². The third-order valence-corrected chi connectivity index (χ3v) is 4.92. The predicted octanol–water partition coefficient (Wildman–Crippen LogP) is 3.78. The van der Waals surface area contributed by atoms with Crippen LogP contribution in [0.15, 0.2) is 18.2 Å². The first-order chi connectivity index (χ1) is 10.6. The van der Waals surface area contributed by atoms with Crippen LogP contribution < -0.4 is 9.46 Å². The summed E-state index contributed by atoms with van der Waals surface area (Å²) < 4.78 is 41.0. The normalized spacial score (nSPS) is 23.2. The summed E-state index contributed by atoms with van der Waals surface area (Å²) in [5.74, 6) is 0.859. The van der Waals surface area contributed by atoms with Gasteiger partial charge in [0.1, 0.15) is 11.6 Å². The van der Waals surface area contributed by atoms with Crippen molar-refractivity contribution in [1.82, 2.24) is 4.72 Å². The standard InChI is InChI=1S/C15H21ClFNO3S/c16-14-6-5-13(9-15(14)17)21-10-12-4-2-1-3-11(12)7-8-18-22(19)20/h5-6,9,11-12,18H,1-4,7-8,10H2,(H,19,20). The Labute approximate surface area is 137 Å². The molecular formula is C15H21ClFNO3S. The minimum absolute atomic E-state index is 0.0889. The lowest BCUT2D eigenvalue weighted by Gasteiger charge is -2.31. The van der Waals surface area contributed by atoms with E-state index in [9.17, 15) is 8.60 Å². The molecule has 2 N–H and O–H groups in total. The molecule has 3 unspecified atom stereocenters. The molecule has 3 atom stereocenters. The topological polar surface area (TPSA) is 58.6 Å². The molecule has 1 aliphatic carbocycles. The fourth-order valence-electron chi connectivity index (χ4n) is 2.99. The molecule has 0 saturated heterocycles. The zero-order valence-electron chi connectivity index (χ0n) is 12.3. The molecule has 4 nitrogen and oxygen atoms in total. The average molecular weight is 350 g/mol. The van der Waals surface area contributed by atoms with Gasteiger partial charge in [0.25, 0.3) is 0 Å². The van der Waals surface area contributed by atoms with Crippen LogP contribution in [0.1, 0.15) is 32.1 Å². The van der Waals surface area contributed by atoms with E-state index < -0.39 is 17.1 Å². The van der Waals surface area contributed by atoms with E-state index in [2.05, 4.69) is 4.72 Å². The first-order valence-electron chi connectivity index (χ1n) is 7.48. The molecule has 1 fully saturated rings. The Balaban J connectivity index is 1.85. The van der Waals surface area contributed by atoms with Crippen molar-refractivity contribution in [1.29, 1.82) is 0 Å². The summed E-state index contributed by atoms with van der Waals surface area (Å²) in [5, 5.41) is 0.0889. The van der Waals surface area contributed by atoms with Crippen molar-refractivity contribution in [2.24, 2.45) is 11.8 Å². The van der Waals surface area contributed by atoms with E-state index in [1.54, 1.807) is 6.07 Å². The highest BCUT2D eigenvalue weighted by molar-refractivity contribution is 7.77. The second-order valence-electron chi connectivity index (χ2n) is 5.62. The summed E-state index contributed by atoms with van der Waals surface area (Å²) in [7, 11) is 0. The summed E-state index contributed by atoms with van der Waals surface area (Å²) in [6.07, 6.45) is 5.36. The Morgan fingerprint density at radius 2 is 2.09 bits per heavy atom. The van der Waals surface area contributed by atoms with Crippen molar-refractivity contribution in [3.05, 3.63) is 29.0 Å². The molecule has 1 aromatic rings. The van der Waals surface area contributed by atoms with Crippen LogP contribution in [0, 0.1) is 17.7 Å². The van der Waals surface area contributed by atoms with E-state index in [1.807, 2.05) is 0 Å². The van der Waals surface area contributed by atoms with Gasteiger partial charge in [0, 0.05) is 12.6 Å². The Morgan fingerprint density at radius 3 is 2.77 bits per heavy atom. The molecule has 124 valence electrons. The molecular weight excluding hydrogens is 329 g/mol. The van der Waals surface area contributed by atoms with Crippen molar-refractivity contribution in [3.63, 3.8) is 0 Å². The van der Waals surface area contributed by atoms with Crippen molar-refractivity contribution in [2.75, 3.05) is 13.2 Å². The minimum Gasteiger partial charge on any atom is -0.493 e. The predicted molar refractivity (Wildman–Crippen MR) is 85.7 cm³/mol. The molecule has 7 heteroatoms. The quantitative estimate of drug-likeness (QED) is 0.736. The highest BCUT2D eigenvalue weighted by Gasteiger charge is 2.25. The van der Waals surface area contributed by atoms with Gasteiger partial charge in [0.2, 0.25) is 11.3 Å². The highest BCUT2D eigenvalue weighted by atomic mass is 35.5. The second-order valence-corrected chi connectivity index (χ2v) is 6.82. The van der Waals surface area contributed by atoms with E-state index in [1.165, 1.54) is 25.0 Å². The average Bonchev–Trinajstić information content (AvgIpc) is 2.49. The molecule has 0 heterocycles. The molecule has 0 aromatic heterocycles. The second kappa shape index (κ2) is 8.82. The monoisotopic (exact) mass is 349 g/mol. The fraction of sp³-hybridized carbons (Fsp3) is 0.600. The molecule has 1 saturated carbocycles. The lowest BCUT2D eigenvalue weighted by molar-refractivity contribution is 0.143. The largest absolute Gasteiger partial charge is 0.493 e. The SMILES string of the molecule is O=S(O)NCCC1CCCCC1COc1ccc(Cl)c(F)c1. The maximum atomic E-state index is 13.4. The Morgan fingerprint density at radius 1 is 1.36 bits per heavy atom. The molecule has 22 heavy (non-hydrogen) atoms. The van der Waals surface area contributed by atoms with Crippen LogP contribution in [0.3, 0.4) is 0 Å². The smallest absolute Gasteiger partial charge is 0.231 e. The van der Waals surface area contributed by atoms with Gasteiger partial charge in [-0.15, -0.1) is 0 Å². The van der Waals surface area contributed by atoms with Gasteiger partial charge < -0.3 is 4.74 Å².